The van der Waals surface area contributed by atoms with Crippen LogP contribution in [0.4, 0.5) is 0 Å². The Labute approximate surface area is 104 Å². The van der Waals surface area contributed by atoms with Crippen LogP contribution in [0.1, 0.15) is 29.6 Å². The maximum Gasteiger partial charge on any atom is 0.340 e. The first-order valence-corrected chi connectivity index (χ1v) is 7.22. The molecule has 1 saturated heterocycles. The molecule has 0 aromatic carbocycles. The van der Waals surface area contributed by atoms with E-state index in [1.807, 2.05) is 0 Å². The number of fused-ring (bicyclic) bond motifs is 2. The maximum atomic E-state index is 12.4. The van der Waals surface area contributed by atoms with Crippen LogP contribution in [0.2, 0.25) is 0 Å². The van der Waals surface area contributed by atoms with E-state index in [1.165, 1.54) is 4.31 Å². The molecule has 3 rings (SSSR count). The first-order chi connectivity index (χ1) is 8.50. The van der Waals surface area contributed by atoms with Gasteiger partial charge in [-0.2, -0.15) is 9.40 Å². The molecule has 0 spiro atoms. The van der Waals surface area contributed by atoms with Crippen molar-refractivity contribution < 1.29 is 18.3 Å². The monoisotopic (exact) mass is 271 g/mol. The minimum atomic E-state index is -3.77. The number of H-pyrrole nitrogens is 1. The zero-order valence-electron chi connectivity index (χ0n) is 9.54. The Hall–Kier alpha value is -1.41. The van der Waals surface area contributed by atoms with E-state index in [0.29, 0.717) is 12.5 Å². The highest BCUT2D eigenvalue weighted by Crippen LogP contribution is 2.40. The van der Waals surface area contributed by atoms with Crippen LogP contribution in [0.25, 0.3) is 0 Å². The highest BCUT2D eigenvalue weighted by atomic mass is 32.2. The Morgan fingerprint density at radius 3 is 2.83 bits per heavy atom. The highest BCUT2D eigenvalue weighted by Gasteiger charge is 2.45. The lowest BCUT2D eigenvalue weighted by molar-refractivity contribution is 0.0692. The van der Waals surface area contributed by atoms with E-state index in [0.717, 1.165) is 25.5 Å². The Morgan fingerprint density at radius 2 is 2.28 bits per heavy atom. The molecular weight excluding hydrogens is 258 g/mol. The van der Waals surface area contributed by atoms with Gasteiger partial charge in [-0.05, 0) is 25.2 Å². The predicted molar refractivity (Wildman–Crippen MR) is 60.6 cm³/mol. The molecule has 7 nitrogen and oxygen atoms in total. The van der Waals surface area contributed by atoms with Crippen LogP contribution in [0, 0.1) is 5.92 Å². The zero-order valence-corrected chi connectivity index (χ0v) is 10.4. The summed E-state index contributed by atoms with van der Waals surface area (Å²) in [6, 6.07) is 0.0185. The number of carboxylic acid groups (broad SMARTS) is 1. The average Bonchev–Trinajstić information content (AvgIpc) is 3.04. The van der Waals surface area contributed by atoms with Gasteiger partial charge in [0.1, 0.15) is 5.56 Å². The summed E-state index contributed by atoms with van der Waals surface area (Å²) < 4.78 is 26.2. The van der Waals surface area contributed by atoms with Crippen LogP contribution >= 0.6 is 0 Å². The lowest BCUT2D eigenvalue weighted by Crippen LogP contribution is -2.38. The van der Waals surface area contributed by atoms with Crippen molar-refractivity contribution in [1.82, 2.24) is 14.5 Å². The molecule has 0 amide bonds. The summed E-state index contributed by atoms with van der Waals surface area (Å²) in [5, 5.41) is 14.5. The van der Waals surface area contributed by atoms with E-state index < -0.39 is 16.0 Å². The van der Waals surface area contributed by atoms with Crippen molar-refractivity contribution in [3.63, 3.8) is 0 Å². The van der Waals surface area contributed by atoms with Gasteiger partial charge < -0.3 is 5.11 Å². The van der Waals surface area contributed by atoms with Gasteiger partial charge in [0.15, 0.2) is 5.03 Å². The van der Waals surface area contributed by atoms with Crippen molar-refractivity contribution in [2.24, 2.45) is 5.92 Å². The van der Waals surface area contributed by atoms with Gasteiger partial charge in [0.2, 0.25) is 0 Å². The quantitative estimate of drug-likeness (QED) is 0.822. The summed E-state index contributed by atoms with van der Waals surface area (Å²) in [4.78, 5) is 11.0. The van der Waals surface area contributed by atoms with Crippen molar-refractivity contribution in [3.05, 3.63) is 11.8 Å². The fourth-order valence-corrected chi connectivity index (χ4v) is 4.73. The summed E-state index contributed by atoms with van der Waals surface area (Å²) in [6.45, 7) is 0.491. The Morgan fingerprint density at radius 1 is 1.50 bits per heavy atom. The minimum Gasteiger partial charge on any atom is -0.478 e. The molecule has 1 aromatic rings. The van der Waals surface area contributed by atoms with Crippen molar-refractivity contribution >= 4 is 16.0 Å². The number of piperidine rings is 1. The summed E-state index contributed by atoms with van der Waals surface area (Å²) in [5.41, 5.74) is -0.294. The lowest BCUT2D eigenvalue weighted by Gasteiger charge is -2.25. The first kappa shape index (κ1) is 11.7. The van der Waals surface area contributed by atoms with Gasteiger partial charge in [-0.25, -0.2) is 13.2 Å². The average molecular weight is 271 g/mol. The second-order valence-electron chi connectivity index (χ2n) is 4.83. The third-order valence-corrected chi connectivity index (χ3v) is 5.65. The van der Waals surface area contributed by atoms with Crippen LogP contribution < -0.4 is 0 Å². The van der Waals surface area contributed by atoms with E-state index in [9.17, 15) is 13.2 Å². The molecule has 0 radical (unpaired) electrons. The van der Waals surface area contributed by atoms with Gasteiger partial charge in [0.05, 0.1) is 6.20 Å². The molecule has 2 aliphatic rings. The SMILES string of the molecule is O=C(O)c1cn[nH]c1S(=O)(=O)N1CC2CCC1C2. The van der Waals surface area contributed by atoms with Crippen LogP contribution in [0.15, 0.2) is 11.2 Å². The molecule has 1 aromatic heterocycles. The standard InChI is InChI=1S/C10H13N3O4S/c14-10(15)8-4-11-12-9(8)18(16,17)13-5-6-1-2-7(13)3-6/h4,6-7H,1-3,5H2,(H,11,12)(H,14,15). The number of rotatable bonds is 3. The molecule has 2 atom stereocenters. The number of aromatic amines is 1. The second kappa shape index (κ2) is 3.79. The number of aromatic carboxylic acids is 1. The van der Waals surface area contributed by atoms with Gasteiger partial charge in [0.25, 0.3) is 10.0 Å². The van der Waals surface area contributed by atoms with E-state index >= 15 is 0 Å². The van der Waals surface area contributed by atoms with E-state index in [4.69, 9.17) is 5.11 Å². The van der Waals surface area contributed by atoms with E-state index in [1.54, 1.807) is 0 Å². The maximum absolute atomic E-state index is 12.4. The predicted octanol–water partition coefficient (Wildman–Crippen LogP) is 0.281. The second-order valence-corrected chi connectivity index (χ2v) is 6.65. The minimum absolute atomic E-state index is 0.0185. The van der Waals surface area contributed by atoms with E-state index in [2.05, 4.69) is 10.2 Å². The number of nitrogens with one attached hydrogen (secondary N) is 1. The number of aromatic nitrogens is 2. The molecule has 2 N–H and O–H groups in total. The van der Waals surface area contributed by atoms with Crippen molar-refractivity contribution in [1.29, 1.82) is 0 Å². The molecule has 2 bridgehead atoms. The number of hydrogen-bond acceptors (Lipinski definition) is 4. The van der Waals surface area contributed by atoms with E-state index in [-0.39, 0.29) is 16.6 Å². The third-order valence-electron chi connectivity index (χ3n) is 3.76. The summed E-state index contributed by atoms with van der Waals surface area (Å²) in [6.07, 6.45) is 3.84. The molecular formula is C10H13N3O4S. The molecule has 1 aliphatic heterocycles. The summed E-state index contributed by atoms with van der Waals surface area (Å²) in [7, 11) is -3.77. The fourth-order valence-electron chi connectivity index (χ4n) is 2.91. The molecule has 2 unspecified atom stereocenters. The molecule has 18 heavy (non-hydrogen) atoms. The van der Waals surface area contributed by atoms with Gasteiger partial charge in [-0.3, -0.25) is 5.10 Å². The van der Waals surface area contributed by atoms with Crippen LogP contribution in [-0.2, 0) is 10.0 Å². The zero-order chi connectivity index (χ0) is 12.9. The molecule has 8 heteroatoms. The number of carbonyl (C=O) groups is 1. The van der Waals surface area contributed by atoms with Gasteiger partial charge >= 0.3 is 5.97 Å². The highest BCUT2D eigenvalue weighted by molar-refractivity contribution is 7.89. The lowest BCUT2D eigenvalue weighted by atomic mass is 10.1. The number of hydrogen-bond donors (Lipinski definition) is 2. The number of sulfonamides is 1. The van der Waals surface area contributed by atoms with Gasteiger partial charge in [0, 0.05) is 12.6 Å². The summed E-state index contributed by atoms with van der Waals surface area (Å²) >= 11 is 0. The van der Waals surface area contributed by atoms with Crippen LogP contribution in [0.5, 0.6) is 0 Å². The number of nitrogens with zero attached hydrogens (tertiary/aromatic N) is 2. The molecule has 98 valence electrons. The van der Waals surface area contributed by atoms with Crippen molar-refractivity contribution in [2.45, 2.75) is 30.3 Å². The molecule has 1 aliphatic carbocycles. The first-order valence-electron chi connectivity index (χ1n) is 5.78. The van der Waals surface area contributed by atoms with Crippen LogP contribution in [-0.4, -0.2) is 46.6 Å². The molecule has 2 fully saturated rings. The largest absolute Gasteiger partial charge is 0.478 e. The topological polar surface area (TPSA) is 103 Å². The normalized spacial score (nSPS) is 27.8. The Balaban J connectivity index is 2.00. The van der Waals surface area contributed by atoms with Gasteiger partial charge in [-0.1, -0.05) is 0 Å². The Kier molecular flexibility index (Phi) is 2.46. The van der Waals surface area contributed by atoms with Crippen molar-refractivity contribution in [2.75, 3.05) is 6.54 Å². The summed E-state index contributed by atoms with van der Waals surface area (Å²) in [5.74, 6) is -0.868. The van der Waals surface area contributed by atoms with Crippen molar-refractivity contribution in [3.8, 4) is 0 Å². The van der Waals surface area contributed by atoms with Gasteiger partial charge in [-0.15, -0.1) is 0 Å². The van der Waals surface area contributed by atoms with Crippen LogP contribution in [0.3, 0.4) is 0 Å². The Bertz CT molecular complexity index is 594. The fraction of sp³-hybridized carbons (Fsp3) is 0.600. The molecule has 1 saturated carbocycles. The number of carboxylic acids is 1. The smallest absolute Gasteiger partial charge is 0.340 e. The third kappa shape index (κ3) is 1.56. The molecule has 2 heterocycles.